The van der Waals surface area contributed by atoms with Crippen molar-refractivity contribution < 1.29 is 9.53 Å². The minimum atomic E-state index is -0.170. The van der Waals surface area contributed by atoms with E-state index in [0.717, 1.165) is 31.5 Å². The predicted molar refractivity (Wildman–Crippen MR) is 60.6 cm³/mol. The lowest BCUT2D eigenvalue weighted by Crippen LogP contribution is -2.16. The molecule has 2 rings (SSSR count). The van der Waals surface area contributed by atoms with E-state index in [0.29, 0.717) is 6.61 Å². The van der Waals surface area contributed by atoms with Gasteiger partial charge in [0.25, 0.3) is 0 Å². The van der Waals surface area contributed by atoms with Gasteiger partial charge in [-0.25, -0.2) is 4.79 Å². The van der Waals surface area contributed by atoms with Crippen LogP contribution in [0.3, 0.4) is 0 Å². The van der Waals surface area contributed by atoms with Crippen molar-refractivity contribution in [1.82, 2.24) is 5.32 Å². The van der Waals surface area contributed by atoms with Crippen LogP contribution < -0.4 is 5.32 Å². The highest BCUT2D eigenvalue weighted by molar-refractivity contribution is 7.10. The Morgan fingerprint density at radius 2 is 2.33 bits per heavy atom. The molecule has 1 aliphatic heterocycles. The SMILES string of the molecule is CCOC(=O)c1csc2c1CCNCC2. The van der Waals surface area contributed by atoms with E-state index in [1.54, 1.807) is 11.3 Å². The first-order valence-corrected chi connectivity index (χ1v) is 6.18. The van der Waals surface area contributed by atoms with Gasteiger partial charge < -0.3 is 10.1 Å². The maximum atomic E-state index is 11.7. The molecule has 0 unspecified atom stereocenters. The lowest BCUT2D eigenvalue weighted by molar-refractivity contribution is 0.0526. The Morgan fingerprint density at radius 3 is 3.13 bits per heavy atom. The Bertz CT molecular complexity index is 359. The molecular formula is C11H15NO2S. The van der Waals surface area contributed by atoms with Crippen LogP contribution in [0, 0.1) is 0 Å². The zero-order valence-electron chi connectivity index (χ0n) is 8.84. The van der Waals surface area contributed by atoms with E-state index in [-0.39, 0.29) is 5.97 Å². The normalized spacial score (nSPS) is 15.5. The molecule has 0 spiro atoms. The Balaban J connectivity index is 2.25. The molecule has 4 heteroatoms. The van der Waals surface area contributed by atoms with Crippen molar-refractivity contribution in [2.75, 3.05) is 19.7 Å². The molecule has 0 aromatic carbocycles. The summed E-state index contributed by atoms with van der Waals surface area (Å²) in [6.07, 6.45) is 1.96. The number of carbonyl (C=O) groups excluding carboxylic acids is 1. The lowest BCUT2D eigenvalue weighted by atomic mass is 10.1. The van der Waals surface area contributed by atoms with E-state index in [9.17, 15) is 4.79 Å². The number of fused-ring (bicyclic) bond motifs is 1. The van der Waals surface area contributed by atoms with Crippen LogP contribution in [0.15, 0.2) is 5.38 Å². The van der Waals surface area contributed by atoms with Gasteiger partial charge in [-0.2, -0.15) is 0 Å². The van der Waals surface area contributed by atoms with Crippen molar-refractivity contribution in [3.05, 3.63) is 21.4 Å². The first-order valence-electron chi connectivity index (χ1n) is 5.30. The maximum Gasteiger partial charge on any atom is 0.339 e. The van der Waals surface area contributed by atoms with E-state index in [1.165, 1.54) is 10.4 Å². The standard InChI is InChI=1S/C11H15NO2S/c1-2-14-11(13)9-7-15-10-4-6-12-5-3-8(9)10/h7,12H,2-6H2,1H3. The van der Waals surface area contributed by atoms with Gasteiger partial charge in [0, 0.05) is 10.3 Å². The quantitative estimate of drug-likeness (QED) is 0.777. The van der Waals surface area contributed by atoms with Crippen molar-refractivity contribution in [3.63, 3.8) is 0 Å². The topological polar surface area (TPSA) is 38.3 Å². The van der Waals surface area contributed by atoms with Crippen LogP contribution in [0.25, 0.3) is 0 Å². The molecule has 82 valence electrons. The Labute approximate surface area is 93.4 Å². The van der Waals surface area contributed by atoms with Gasteiger partial charge in [0.15, 0.2) is 0 Å². The molecule has 3 nitrogen and oxygen atoms in total. The van der Waals surface area contributed by atoms with Crippen molar-refractivity contribution in [3.8, 4) is 0 Å². The highest BCUT2D eigenvalue weighted by Crippen LogP contribution is 2.25. The van der Waals surface area contributed by atoms with Gasteiger partial charge in [0.2, 0.25) is 0 Å². The van der Waals surface area contributed by atoms with Crippen LogP contribution in [0.2, 0.25) is 0 Å². The molecular weight excluding hydrogens is 210 g/mol. The second-order valence-electron chi connectivity index (χ2n) is 3.52. The second-order valence-corrected chi connectivity index (χ2v) is 4.49. The molecule has 1 aliphatic rings. The van der Waals surface area contributed by atoms with Gasteiger partial charge in [0.05, 0.1) is 12.2 Å². The minimum absolute atomic E-state index is 0.170. The molecule has 0 saturated carbocycles. The van der Waals surface area contributed by atoms with Crippen LogP contribution in [-0.2, 0) is 17.6 Å². The average molecular weight is 225 g/mol. The summed E-state index contributed by atoms with van der Waals surface area (Å²) in [7, 11) is 0. The van der Waals surface area contributed by atoms with Crippen LogP contribution in [0.4, 0.5) is 0 Å². The zero-order chi connectivity index (χ0) is 10.7. The molecule has 2 heterocycles. The maximum absolute atomic E-state index is 11.7. The molecule has 0 radical (unpaired) electrons. The molecule has 0 saturated heterocycles. The van der Waals surface area contributed by atoms with E-state index < -0.39 is 0 Å². The van der Waals surface area contributed by atoms with Crippen LogP contribution in [-0.4, -0.2) is 25.7 Å². The Morgan fingerprint density at radius 1 is 1.53 bits per heavy atom. The molecule has 1 aromatic heterocycles. The molecule has 0 aliphatic carbocycles. The van der Waals surface area contributed by atoms with Crippen LogP contribution >= 0.6 is 11.3 Å². The van der Waals surface area contributed by atoms with Crippen molar-refractivity contribution in [2.24, 2.45) is 0 Å². The van der Waals surface area contributed by atoms with Gasteiger partial charge in [-0.3, -0.25) is 0 Å². The van der Waals surface area contributed by atoms with Crippen LogP contribution in [0.1, 0.15) is 27.7 Å². The first kappa shape index (κ1) is 10.6. The summed E-state index contributed by atoms with van der Waals surface area (Å²) >= 11 is 1.68. The number of ether oxygens (including phenoxy) is 1. The van der Waals surface area contributed by atoms with Gasteiger partial charge >= 0.3 is 5.97 Å². The highest BCUT2D eigenvalue weighted by atomic mass is 32.1. The number of rotatable bonds is 2. The van der Waals surface area contributed by atoms with E-state index in [2.05, 4.69) is 5.32 Å². The Kier molecular flexibility index (Phi) is 3.38. The third-order valence-electron chi connectivity index (χ3n) is 2.56. The molecule has 0 fully saturated rings. The summed E-state index contributed by atoms with van der Waals surface area (Å²) in [4.78, 5) is 13.0. The fraction of sp³-hybridized carbons (Fsp3) is 0.545. The van der Waals surface area contributed by atoms with Crippen LogP contribution in [0.5, 0.6) is 0 Å². The largest absolute Gasteiger partial charge is 0.462 e. The predicted octanol–water partition coefficient (Wildman–Crippen LogP) is 1.61. The molecule has 15 heavy (non-hydrogen) atoms. The lowest BCUT2D eigenvalue weighted by Gasteiger charge is -2.03. The fourth-order valence-electron chi connectivity index (χ4n) is 1.83. The van der Waals surface area contributed by atoms with Crippen molar-refractivity contribution >= 4 is 17.3 Å². The average Bonchev–Trinajstić information content (AvgIpc) is 2.48. The summed E-state index contributed by atoms with van der Waals surface area (Å²) in [6.45, 7) is 4.25. The third kappa shape index (κ3) is 2.21. The number of esters is 1. The summed E-state index contributed by atoms with van der Waals surface area (Å²) in [5.74, 6) is -0.170. The number of thiophene rings is 1. The van der Waals surface area contributed by atoms with E-state index >= 15 is 0 Å². The monoisotopic (exact) mass is 225 g/mol. The molecule has 1 aromatic rings. The fourth-order valence-corrected chi connectivity index (χ4v) is 2.90. The summed E-state index contributed by atoms with van der Waals surface area (Å²) < 4.78 is 5.04. The minimum Gasteiger partial charge on any atom is -0.462 e. The van der Waals surface area contributed by atoms with Gasteiger partial charge in [0.1, 0.15) is 0 Å². The number of hydrogen-bond acceptors (Lipinski definition) is 4. The molecule has 1 N–H and O–H groups in total. The number of nitrogens with one attached hydrogen (secondary N) is 1. The van der Waals surface area contributed by atoms with Gasteiger partial charge in [-0.1, -0.05) is 0 Å². The smallest absolute Gasteiger partial charge is 0.339 e. The third-order valence-corrected chi connectivity index (χ3v) is 3.65. The summed E-state index contributed by atoms with van der Waals surface area (Å²) in [5, 5.41) is 5.27. The zero-order valence-corrected chi connectivity index (χ0v) is 9.65. The Hall–Kier alpha value is -0.870. The van der Waals surface area contributed by atoms with E-state index in [4.69, 9.17) is 4.74 Å². The molecule has 0 bridgehead atoms. The second kappa shape index (κ2) is 4.77. The van der Waals surface area contributed by atoms with Crippen molar-refractivity contribution in [2.45, 2.75) is 19.8 Å². The first-order chi connectivity index (χ1) is 7.33. The summed E-state index contributed by atoms with van der Waals surface area (Å²) in [6, 6.07) is 0. The number of hydrogen-bond donors (Lipinski definition) is 1. The molecule has 0 atom stereocenters. The molecule has 0 amide bonds. The summed E-state index contributed by atoms with van der Waals surface area (Å²) in [5.41, 5.74) is 1.98. The highest BCUT2D eigenvalue weighted by Gasteiger charge is 2.19. The van der Waals surface area contributed by atoms with Gasteiger partial charge in [-0.15, -0.1) is 11.3 Å². The number of carbonyl (C=O) groups is 1. The van der Waals surface area contributed by atoms with Gasteiger partial charge in [-0.05, 0) is 38.4 Å². The van der Waals surface area contributed by atoms with Crippen molar-refractivity contribution in [1.29, 1.82) is 0 Å². The van der Waals surface area contributed by atoms with E-state index in [1.807, 2.05) is 12.3 Å².